The number of phenolic OH excluding ortho intramolecular Hbond substituents is 2. The van der Waals surface area contributed by atoms with Crippen molar-refractivity contribution in [3.8, 4) is 33.8 Å². The highest BCUT2D eigenvalue weighted by atomic mass is 16.4. The summed E-state index contributed by atoms with van der Waals surface area (Å²) >= 11 is 0. The highest BCUT2D eigenvalue weighted by Gasteiger charge is 2.07. The number of rotatable bonds is 4. The lowest BCUT2D eigenvalue weighted by Crippen LogP contribution is -1.96. The molecule has 4 rings (SSSR count). The fourth-order valence-electron chi connectivity index (χ4n) is 2.99. The van der Waals surface area contributed by atoms with Crippen molar-refractivity contribution >= 4 is 11.9 Å². The Bertz CT molecular complexity index is 1160. The number of aromatic hydroxyl groups is 2. The third-order valence-electron chi connectivity index (χ3n) is 4.70. The van der Waals surface area contributed by atoms with Gasteiger partial charge in [0.15, 0.2) is 11.5 Å². The second-order valence-electron chi connectivity index (χ2n) is 6.80. The molecule has 0 atom stereocenters. The number of carboxylic acid groups (broad SMARTS) is 2. The van der Waals surface area contributed by atoms with E-state index in [-0.39, 0.29) is 22.6 Å². The lowest BCUT2D eigenvalue weighted by atomic mass is 10.0. The first-order chi connectivity index (χ1) is 15.4. The Kier molecular flexibility index (Phi) is 6.88. The molecule has 6 heteroatoms. The summed E-state index contributed by atoms with van der Waals surface area (Å²) in [6, 6.07) is 27.2. The Morgan fingerprint density at radius 2 is 0.969 bits per heavy atom. The molecule has 0 amide bonds. The smallest absolute Gasteiger partial charge is 0.335 e. The van der Waals surface area contributed by atoms with Crippen LogP contribution in [0.4, 0.5) is 0 Å². The second kappa shape index (κ2) is 9.95. The zero-order valence-corrected chi connectivity index (χ0v) is 16.8. The van der Waals surface area contributed by atoms with Gasteiger partial charge >= 0.3 is 11.9 Å². The highest BCUT2D eigenvalue weighted by molar-refractivity contribution is 5.89. The van der Waals surface area contributed by atoms with Crippen LogP contribution in [0.5, 0.6) is 11.5 Å². The van der Waals surface area contributed by atoms with Gasteiger partial charge in [0.05, 0.1) is 11.1 Å². The fourth-order valence-corrected chi connectivity index (χ4v) is 2.99. The first-order valence-electron chi connectivity index (χ1n) is 9.60. The normalized spacial score (nSPS) is 10.0. The van der Waals surface area contributed by atoms with Gasteiger partial charge in [-0.25, -0.2) is 9.59 Å². The lowest BCUT2D eigenvalue weighted by molar-refractivity contribution is 0.0686. The van der Waals surface area contributed by atoms with E-state index in [9.17, 15) is 19.8 Å². The number of carbonyl (C=O) groups is 2. The number of benzene rings is 4. The van der Waals surface area contributed by atoms with Crippen LogP contribution in [-0.2, 0) is 0 Å². The third-order valence-corrected chi connectivity index (χ3v) is 4.70. The van der Waals surface area contributed by atoms with Gasteiger partial charge in [0.2, 0.25) is 0 Å². The molecule has 0 radical (unpaired) electrons. The number of hydrogen-bond donors (Lipinski definition) is 4. The molecule has 0 heterocycles. The molecule has 32 heavy (non-hydrogen) atoms. The van der Waals surface area contributed by atoms with Gasteiger partial charge in [-0.1, -0.05) is 66.7 Å². The Morgan fingerprint density at radius 3 is 1.41 bits per heavy atom. The minimum absolute atomic E-state index is 0.0706. The fraction of sp³-hybridized carbons (Fsp3) is 0. The summed E-state index contributed by atoms with van der Waals surface area (Å²) in [5, 5.41) is 36.5. The minimum atomic E-state index is -0.970. The summed E-state index contributed by atoms with van der Waals surface area (Å²) in [5.74, 6) is -2.10. The first-order valence-corrected chi connectivity index (χ1v) is 9.60. The van der Waals surface area contributed by atoms with E-state index in [0.29, 0.717) is 5.56 Å². The molecule has 0 aliphatic rings. The average Bonchev–Trinajstić information content (AvgIpc) is 2.82. The largest absolute Gasteiger partial charge is 0.504 e. The van der Waals surface area contributed by atoms with Crippen LogP contribution in [0.1, 0.15) is 20.7 Å². The monoisotopic (exact) mass is 428 g/mol. The van der Waals surface area contributed by atoms with Gasteiger partial charge in [-0.3, -0.25) is 0 Å². The van der Waals surface area contributed by atoms with Crippen molar-refractivity contribution < 1.29 is 30.0 Å². The van der Waals surface area contributed by atoms with E-state index in [4.69, 9.17) is 10.2 Å². The number of carboxylic acids is 2. The van der Waals surface area contributed by atoms with Crippen LogP contribution in [-0.4, -0.2) is 32.4 Å². The molecule has 0 aliphatic carbocycles. The molecule has 4 N–H and O–H groups in total. The van der Waals surface area contributed by atoms with Crippen molar-refractivity contribution in [2.24, 2.45) is 0 Å². The molecule has 0 saturated carbocycles. The minimum Gasteiger partial charge on any atom is -0.504 e. The molecule has 0 fully saturated rings. The van der Waals surface area contributed by atoms with Crippen LogP contribution in [0.15, 0.2) is 97.1 Å². The molecule has 160 valence electrons. The maximum atomic E-state index is 10.7. The van der Waals surface area contributed by atoms with E-state index in [0.717, 1.165) is 16.7 Å². The molecule has 0 aromatic heterocycles. The van der Waals surface area contributed by atoms with Gasteiger partial charge in [0.1, 0.15) is 0 Å². The Morgan fingerprint density at radius 1 is 0.500 bits per heavy atom. The van der Waals surface area contributed by atoms with Crippen molar-refractivity contribution in [2.45, 2.75) is 0 Å². The van der Waals surface area contributed by atoms with Crippen LogP contribution in [0.2, 0.25) is 0 Å². The molecule has 6 nitrogen and oxygen atoms in total. The van der Waals surface area contributed by atoms with E-state index in [1.165, 1.54) is 30.3 Å². The van der Waals surface area contributed by atoms with Gasteiger partial charge in [0.25, 0.3) is 0 Å². The molecule has 0 aliphatic heterocycles. The molecule has 4 aromatic rings. The molecular formula is C26H20O6. The summed E-state index contributed by atoms with van der Waals surface area (Å²) in [5.41, 5.74) is 3.67. The van der Waals surface area contributed by atoms with Gasteiger partial charge in [0, 0.05) is 5.56 Å². The number of phenols is 2. The van der Waals surface area contributed by atoms with Gasteiger partial charge < -0.3 is 20.4 Å². The molecular weight excluding hydrogens is 408 g/mol. The summed E-state index contributed by atoms with van der Waals surface area (Å²) in [6.07, 6.45) is 0. The van der Waals surface area contributed by atoms with Crippen molar-refractivity contribution in [2.75, 3.05) is 0 Å². The molecule has 4 aromatic carbocycles. The number of aromatic carboxylic acids is 2. The Labute approximate surface area is 184 Å². The average molecular weight is 428 g/mol. The molecule has 0 unspecified atom stereocenters. The maximum Gasteiger partial charge on any atom is 0.335 e. The van der Waals surface area contributed by atoms with Crippen molar-refractivity contribution in [1.29, 1.82) is 0 Å². The van der Waals surface area contributed by atoms with Gasteiger partial charge in [-0.05, 0) is 47.0 Å². The van der Waals surface area contributed by atoms with Crippen LogP contribution in [0, 0.1) is 0 Å². The van der Waals surface area contributed by atoms with Crippen LogP contribution in [0.25, 0.3) is 22.3 Å². The second-order valence-corrected chi connectivity index (χ2v) is 6.80. The third kappa shape index (κ3) is 5.31. The maximum absolute atomic E-state index is 10.7. The summed E-state index contributed by atoms with van der Waals surface area (Å²) in [4.78, 5) is 21.4. The first kappa shape index (κ1) is 22.1. The highest BCUT2D eigenvalue weighted by Crippen LogP contribution is 2.35. The summed E-state index contributed by atoms with van der Waals surface area (Å²) in [6.45, 7) is 0. The zero-order chi connectivity index (χ0) is 23.1. The SMILES string of the molecule is O=C(O)c1ccc(-c2ccc(C(=O)O)cc2)cc1.Oc1cccc(-c2ccccc2)c1O. The van der Waals surface area contributed by atoms with E-state index < -0.39 is 11.9 Å². The van der Waals surface area contributed by atoms with Gasteiger partial charge in [-0.2, -0.15) is 0 Å². The Hall–Kier alpha value is -4.58. The molecule has 0 saturated heterocycles. The van der Waals surface area contributed by atoms with E-state index in [1.54, 1.807) is 36.4 Å². The standard InChI is InChI=1S/C14H10O4.C12H10O2/c15-13(16)11-5-1-9(2-6-11)10-3-7-12(8-4-10)14(17)18;13-11-8-4-7-10(12(11)14)9-5-2-1-3-6-9/h1-8H,(H,15,16)(H,17,18);1-8,13-14H. The van der Waals surface area contributed by atoms with E-state index in [1.807, 2.05) is 30.3 Å². The van der Waals surface area contributed by atoms with Crippen LogP contribution in [0.3, 0.4) is 0 Å². The summed E-state index contributed by atoms with van der Waals surface area (Å²) in [7, 11) is 0. The zero-order valence-electron chi connectivity index (χ0n) is 16.8. The summed E-state index contributed by atoms with van der Waals surface area (Å²) < 4.78 is 0. The topological polar surface area (TPSA) is 115 Å². The molecule has 0 bridgehead atoms. The quantitative estimate of drug-likeness (QED) is 0.318. The number of para-hydroxylation sites is 1. The predicted molar refractivity (Wildman–Crippen MR) is 121 cm³/mol. The van der Waals surface area contributed by atoms with Gasteiger partial charge in [-0.15, -0.1) is 0 Å². The van der Waals surface area contributed by atoms with Crippen molar-refractivity contribution in [3.05, 3.63) is 108 Å². The Balaban J connectivity index is 0.000000186. The number of hydrogen-bond acceptors (Lipinski definition) is 4. The van der Waals surface area contributed by atoms with Crippen molar-refractivity contribution in [1.82, 2.24) is 0 Å². The predicted octanol–water partition coefficient (Wildman–Crippen LogP) is 5.51. The van der Waals surface area contributed by atoms with E-state index >= 15 is 0 Å². The van der Waals surface area contributed by atoms with Crippen LogP contribution >= 0.6 is 0 Å². The van der Waals surface area contributed by atoms with E-state index in [2.05, 4.69) is 0 Å². The van der Waals surface area contributed by atoms with Crippen molar-refractivity contribution in [3.63, 3.8) is 0 Å². The lowest BCUT2D eigenvalue weighted by Gasteiger charge is -2.05. The molecule has 0 spiro atoms. The van der Waals surface area contributed by atoms with Crippen LogP contribution < -0.4 is 0 Å².